The minimum Gasteiger partial charge on any atom is -0.460 e. The van der Waals surface area contributed by atoms with Crippen molar-refractivity contribution < 1.29 is 27.2 Å². The summed E-state index contributed by atoms with van der Waals surface area (Å²) in [5.41, 5.74) is 0. The van der Waals surface area contributed by atoms with Crippen LogP contribution in [-0.4, -0.2) is 68.5 Å². The molecule has 1 N–H and O–H groups in total. The smallest absolute Gasteiger partial charge is 0.306 e. The molecule has 1 aliphatic carbocycles. The molecule has 0 radical (unpaired) electrons. The lowest BCUT2D eigenvalue weighted by Gasteiger charge is -2.29. The van der Waals surface area contributed by atoms with E-state index in [1.165, 1.54) is 0 Å². The Morgan fingerprint density at radius 3 is 2.71 bits per heavy atom. The Hall–Kier alpha value is -0.960. The molecule has 0 aromatic carbocycles. The van der Waals surface area contributed by atoms with E-state index in [-0.39, 0.29) is 6.42 Å². The summed E-state index contributed by atoms with van der Waals surface area (Å²) < 4.78 is 42.0. The number of ether oxygens (including phenoxy) is 2. The topological polar surface area (TPSA) is 93.1 Å². The van der Waals surface area contributed by atoms with Crippen LogP contribution in [0.1, 0.15) is 32.1 Å². The first-order valence-electron chi connectivity index (χ1n) is 8.52. The maximum absolute atomic E-state index is 12.1. The van der Waals surface area contributed by atoms with Gasteiger partial charge in [0.25, 0.3) is 10.1 Å². The summed E-state index contributed by atoms with van der Waals surface area (Å²) in [5.74, 6) is -0.476. The Balaban J connectivity index is 1.81. The molecule has 1 saturated heterocycles. The summed E-state index contributed by atoms with van der Waals surface area (Å²) in [6, 6.07) is 0. The van der Waals surface area contributed by atoms with Crippen LogP contribution >= 0.6 is 0 Å². The van der Waals surface area contributed by atoms with E-state index < -0.39 is 27.9 Å². The van der Waals surface area contributed by atoms with Crippen molar-refractivity contribution in [1.82, 2.24) is 4.90 Å². The van der Waals surface area contributed by atoms with Crippen molar-refractivity contribution in [3.63, 3.8) is 0 Å². The summed E-state index contributed by atoms with van der Waals surface area (Å²) in [4.78, 5) is 14.0. The Bertz CT molecular complexity index is 527. The molecule has 7 nitrogen and oxygen atoms in total. The van der Waals surface area contributed by atoms with E-state index in [0.717, 1.165) is 25.7 Å². The summed E-state index contributed by atoms with van der Waals surface area (Å²) in [7, 11) is -4.20. The molecule has 0 aromatic heterocycles. The zero-order chi connectivity index (χ0) is 17.4. The Labute approximate surface area is 143 Å². The minimum absolute atomic E-state index is 0.281. The van der Waals surface area contributed by atoms with Crippen LogP contribution in [-0.2, 0) is 24.4 Å². The van der Waals surface area contributed by atoms with Gasteiger partial charge in [-0.15, -0.1) is 0 Å². The van der Waals surface area contributed by atoms with Crippen molar-refractivity contribution in [3.8, 4) is 0 Å². The molecule has 2 aliphatic rings. The largest absolute Gasteiger partial charge is 0.460 e. The summed E-state index contributed by atoms with van der Waals surface area (Å²) in [6.07, 6.45) is 7.57. The van der Waals surface area contributed by atoms with Crippen molar-refractivity contribution in [2.24, 2.45) is 5.92 Å². The molecule has 1 heterocycles. The van der Waals surface area contributed by atoms with Crippen molar-refractivity contribution in [3.05, 3.63) is 12.2 Å². The van der Waals surface area contributed by atoms with Crippen LogP contribution in [0.3, 0.4) is 0 Å². The van der Waals surface area contributed by atoms with Gasteiger partial charge in [-0.2, -0.15) is 8.42 Å². The van der Waals surface area contributed by atoms with Gasteiger partial charge in [-0.25, -0.2) is 0 Å². The molecule has 0 amide bonds. The van der Waals surface area contributed by atoms with Crippen LogP contribution < -0.4 is 0 Å². The lowest BCUT2D eigenvalue weighted by molar-refractivity contribution is -0.149. The second kappa shape index (κ2) is 9.50. The van der Waals surface area contributed by atoms with E-state index in [4.69, 9.17) is 14.0 Å². The molecule has 24 heavy (non-hydrogen) atoms. The van der Waals surface area contributed by atoms with Crippen LogP contribution in [0, 0.1) is 5.92 Å². The van der Waals surface area contributed by atoms with Crippen molar-refractivity contribution in [2.75, 3.05) is 38.6 Å². The normalized spacial score (nSPS) is 23.8. The summed E-state index contributed by atoms with van der Waals surface area (Å²) in [6.45, 7) is 2.76. The van der Waals surface area contributed by atoms with E-state index in [0.29, 0.717) is 38.8 Å². The van der Waals surface area contributed by atoms with Crippen LogP contribution in [0.25, 0.3) is 0 Å². The van der Waals surface area contributed by atoms with E-state index >= 15 is 0 Å². The van der Waals surface area contributed by atoms with Gasteiger partial charge in [0.2, 0.25) is 0 Å². The number of nitrogens with zero attached hydrogens (tertiary/aromatic N) is 1. The fourth-order valence-electron chi connectivity index (χ4n) is 3.12. The van der Waals surface area contributed by atoms with Gasteiger partial charge in [-0.1, -0.05) is 12.2 Å². The molecule has 1 fully saturated rings. The maximum Gasteiger partial charge on any atom is 0.306 e. The van der Waals surface area contributed by atoms with Gasteiger partial charge in [0.05, 0.1) is 13.2 Å². The second-order valence-corrected chi connectivity index (χ2v) is 7.96. The second-order valence-electron chi connectivity index (χ2n) is 6.46. The number of hydrogen-bond acceptors (Lipinski definition) is 6. The highest BCUT2D eigenvalue weighted by atomic mass is 32.2. The zero-order valence-corrected chi connectivity index (χ0v) is 14.7. The van der Waals surface area contributed by atoms with Crippen LogP contribution in [0.5, 0.6) is 0 Å². The average Bonchev–Trinajstić information content (AvgIpc) is 2.53. The third kappa shape index (κ3) is 7.74. The number of allylic oxidation sites excluding steroid dienone is 2. The monoisotopic (exact) mass is 361 g/mol. The van der Waals surface area contributed by atoms with Gasteiger partial charge in [-0.3, -0.25) is 14.2 Å². The van der Waals surface area contributed by atoms with E-state index in [1.807, 2.05) is 4.90 Å². The third-order valence-corrected chi connectivity index (χ3v) is 5.19. The van der Waals surface area contributed by atoms with E-state index in [1.54, 1.807) is 0 Å². The molecule has 2 rings (SSSR count). The standard InChI is InChI=1S/C16H27NO6S/c18-16(7-6-14-4-2-1-3-5-14)23-15(13-24(19,20)21)12-17-8-10-22-11-9-17/h1-2,14-15H,3-13H2,(H,19,20,21). The number of rotatable bonds is 8. The molecule has 0 saturated carbocycles. The van der Waals surface area contributed by atoms with Gasteiger partial charge in [0.15, 0.2) is 0 Å². The highest BCUT2D eigenvalue weighted by Gasteiger charge is 2.25. The maximum atomic E-state index is 12.1. The molecule has 0 bridgehead atoms. The fraction of sp³-hybridized carbons (Fsp3) is 0.812. The van der Waals surface area contributed by atoms with Crippen molar-refractivity contribution >= 4 is 16.1 Å². The molecule has 8 heteroatoms. The predicted octanol–water partition coefficient (Wildman–Crippen LogP) is 1.25. The molecule has 138 valence electrons. The molecular formula is C16H27NO6S. The lowest BCUT2D eigenvalue weighted by Crippen LogP contribution is -2.44. The third-order valence-electron chi connectivity index (χ3n) is 4.39. The molecule has 1 aliphatic heterocycles. The average molecular weight is 361 g/mol. The molecule has 2 unspecified atom stereocenters. The SMILES string of the molecule is O=C(CCC1CC=CCC1)OC(CN1CCOCC1)CS(=O)(=O)O. The first-order chi connectivity index (χ1) is 11.4. The van der Waals surface area contributed by atoms with Gasteiger partial charge in [0.1, 0.15) is 11.9 Å². The highest BCUT2D eigenvalue weighted by Crippen LogP contribution is 2.23. The number of carbonyl (C=O) groups is 1. The number of esters is 1. The summed E-state index contributed by atoms with van der Waals surface area (Å²) in [5, 5.41) is 0. The van der Waals surface area contributed by atoms with E-state index in [9.17, 15) is 13.2 Å². The first kappa shape index (κ1) is 19.4. The highest BCUT2D eigenvalue weighted by molar-refractivity contribution is 7.85. The number of hydrogen-bond donors (Lipinski definition) is 1. The lowest BCUT2D eigenvalue weighted by atomic mass is 9.90. The van der Waals surface area contributed by atoms with Gasteiger partial charge >= 0.3 is 5.97 Å². The van der Waals surface area contributed by atoms with Crippen LogP contribution in [0.15, 0.2) is 12.2 Å². The van der Waals surface area contributed by atoms with Crippen LogP contribution in [0.4, 0.5) is 0 Å². The molecule has 0 spiro atoms. The fourth-order valence-corrected chi connectivity index (χ4v) is 3.76. The van der Waals surface area contributed by atoms with Gasteiger partial charge in [-0.05, 0) is 31.6 Å². The minimum atomic E-state index is -4.20. The molecular weight excluding hydrogens is 334 g/mol. The molecule has 2 atom stereocenters. The van der Waals surface area contributed by atoms with Crippen molar-refractivity contribution in [2.45, 2.75) is 38.2 Å². The predicted molar refractivity (Wildman–Crippen MR) is 89.3 cm³/mol. The molecule has 0 aromatic rings. The van der Waals surface area contributed by atoms with Gasteiger partial charge in [0, 0.05) is 26.1 Å². The Kier molecular flexibility index (Phi) is 7.67. The summed E-state index contributed by atoms with van der Waals surface area (Å²) >= 11 is 0. The quantitative estimate of drug-likeness (QED) is 0.395. The van der Waals surface area contributed by atoms with Crippen LogP contribution in [0.2, 0.25) is 0 Å². The number of carbonyl (C=O) groups excluding carboxylic acids is 1. The van der Waals surface area contributed by atoms with Crippen molar-refractivity contribution in [1.29, 1.82) is 0 Å². The zero-order valence-electron chi connectivity index (χ0n) is 13.9. The Morgan fingerprint density at radius 2 is 2.08 bits per heavy atom. The Morgan fingerprint density at radius 1 is 1.33 bits per heavy atom. The first-order valence-corrected chi connectivity index (χ1v) is 10.1. The van der Waals surface area contributed by atoms with E-state index in [2.05, 4.69) is 12.2 Å². The number of morpholine rings is 1. The van der Waals surface area contributed by atoms with Gasteiger partial charge < -0.3 is 9.47 Å².